The van der Waals surface area contributed by atoms with Crippen LogP contribution in [0, 0.1) is 0 Å². The molecule has 1 aromatic carbocycles. The second-order valence-electron chi connectivity index (χ2n) is 6.82. The maximum atomic E-state index is 12.6. The number of para-hydroxylation sites is 1. The summed E-state index contributed by atoms with van der Waals surface area (Å²) in [5, 5.41) is 6.10. The highest BCUT2D eigenvalue weighted by atomic mass is 16.5. The predicted molar refractivity (Wildman–Crippen MR) is 107 cm³/mol. The van der Waals surface area contributed by atoms with E-state index in [0.29, 0.717) is 23.6 Å². The van der Waals surface area contributed by atoms with Crippen LogP contribution in [0.5, 0.6) is 0 Å². The summed E-state index contributed by atoms with van der Waals surface area (Å²) in [6.45, 7) is 2.05. The summed E-state index contributed by atoms with van der Waals surface area (Å²) in [5.41, 5.74) is 1.22. The first-order chi connectivity index (χ1) is 13.7. The molecule has 0 spiro atoms. The normalized spacial score (nSPS) is 14.8. The van der Waals surface area contributed by atoms with Crippen LogP contribution < -0.4 is 10.6 Å². The minimum absolute atomic E-state index is 0.198. The van der Waals surface area contributed by atoms with Gasteiger partial charge in [-0.2, -0.15) is 0 Å². The van der Waals surface area contributed by atoms with Crippen molar-refractivity contribution in [2.24, 2.45) is 0 Å². The Morgan fingerprint density at radius 2 is 1.86 bits per heavy atom. The van der Waals surface area contributed by atoms with Crippen LogP contribution in [0.4, 0.5) is 11.6 Å². The lowest BCUT2D eigenvalue weighted by molar-refractivity contribution is 0.0527. The summed E-state index contributed by atoms with van der Waals surface area (Å²) < 4.78 is 5.08. The fourth-order valence-corrected chi connectivity index (χ4v) is 3.33. The first kappa shape index (κ1) is 19.8. The van der Waals surface area contributed by atoms with Gasteiger partial charge in [0.25, 0.3) is 5.91 Å². The van der Waals surface area contributed by atoms with Crippen LogP contribution >= 0.6 is 0 Å². The van der Waals surface area contributed by atoms with E-state index in [1.807, 2.05) is 0 Å². The van der Waals surface area contributed by atoms with E-state index in [9.17, 15) is 9.59 Å². The van der Waals surface area contributed by atoms with Gasteiger partial charge >= 0.3 is 5.97 Å². The molecule has 7 nitrogen and oxygen atoms in total. The highest BCUT2D eigenvalue weighted by Crippen LogP contribution is 2.20. The number of esters is 1. The Bertz CT molecular complexity index is 817. The zero-order valence-corrected chi connectivity index (χ0v) is 16.1. The van der Waals surface area contributed by atoms with Crippen molar-refractivity contribution >= 4 is 23.5 Å². The SMILES string of the molecule is CCOC(=O)c1ccccc1Nc1nccc(C(=O)NC2CCCCCC2)n1. The molecule has 1 aliphatic carbocycles. The highest BCUT2D eigenvalue weighted by molar-refractivity contribution is 5.96. The second kappa shape index (κ2) is 9.82. The molecule has 1 amide bonds. The number of carbonyl (C=O) groups excluding carboxylic acids is 2. The number of rotatable bonds is 6. The van der Waals surface area contributed by atoms with Gasteiger partial charge in [-0.3, -0.25) is 4.79 Å². The van der Waals surface area contributed by atoms with Gasteiger partial charge in [-0.25, -0.2) is 14.8 Å². The van der Waals surface area contributed by atoms with E-state index in [1.54, 1.807) is 37.3 Å². The fraction of sp³-hybridized carbons (Fsp3) is 0.429. The summed E-state index contributed by atoms with van der Waals surface area (Å²) in [7, 11) is 0. The number of amides is 1. The van der Waals surface area contributed by atoms with Gasteiger partial charge in [0.1, 0.15) is 5.69 Å². The molecule has 28 heavy (non-hydrogen) atoms. The molecule has 7 heteroatoms. The van der Waals surface area contributed by atoms with Crippen LogP contribution in [0.25, 0.3) is 0 Å². The van der Waals surface area contributed by atoms with Gasteiger partial charge in [0.05, 0.1) is 17.9 Å². The van der Waals surface area contributed by atoms with E-state index in [1.165, 1.54) is 19.0 Å². The molecule has 1 aliphatic rings. The summed E-state index contributed by atoms with van der Waals surface area (Å²) in [5.74, 6) is -0.367. The number of ether oxygens (including phenoxy) is 1. The number of hydrogen-bond acceptors (Lipinski definition) is 6. The Morgan fingerprint density at radius 3 is 2.61 bits per heavy atom. The Labute approximate surface area is 164 Å². The lowest BCUT2D eigenvalue weighted by Gasteiger charge is -2.16. The van der Waals surface area contributed by atoms with Gasteiger partial charge in [-0.05, 0) is 38.0 Å². The van der Waals surface area contributed by atoms with Crippen molar-refractivity contribution in [1.82, 2.24) is 15.3 Å². The number of aromatic nitrogens is 2. The van der Waals surface area contributed by atoms with Gasteiger partial charge < -0.3 is 15.4 Å². The molecule has 1 heterocycles. The lowest BCUT2D eigenvalue weighted by Crippen LogP contribution is -2.35. The Balaban J connectivity index is 1.71. The molecule has 148 valence electrons. The highest BCUT2D eigenvalue weighted by Gasteiger charge is 2.18. The van der Waals surface area contributed by atoms with Crippen molar-refractivity contribution in [3.63, 3.8) is 0 Å². The third kappa shape index (κ3) is 5.28. The number of nitrogens with one attached hydrogen (secondary N) is 2. The zero-order chi connectivity index (χ0) is 19.8. The monoisotopic (exact) mass is 382 g/mol. The van der Waals surface area contributed by atoms with Gasteiger partial charge in [0.15, 0.2) is 0 Å². The van der Waals surface area contributed by atoms with Crippen molar-refractivity contribution in [3.8, 4) is 0 Å². The van der Waals surface area contributed by atoms with Gasteiger partial charge in [-0.1, -0.05) is 37.8 Å². The molecule has 0 aliphatic heterocycles. The molecule has 0 atom stereocenters. The molecule has 0 unspecified atom stereocenters. The first-order valence-electron chi connectivity index (χ1n) is 9.84. The molecule has 1 fully saturated rings. The number of benzene rings is 1. The van der Waals surface area contributed by atoms with Crippen molar-refractivity contribution < 1.29 is 14.3 Å². The minimum atomic E-state index is -0.423. The molecule has 0 saturated heterocycles. The van der Waals surface area contributed by atoms with Gasteiger partial charge in [-0.15, -0.1) is 0 Å². The van der Waals surface area contributed by atoms with E-state index in [-0.39, 0.29) is 17.9 Å². The molecular formula is C21H26N4O3. The number of carbonyl (C=O) groups is 2. The van der Waals surface area contributed by atoms with Crippen LogP contribution in [0.1, 0.15) is 66.3 Å². The Hall–Kier alpha value is -2.96. The Morgan fingerprint density at radius 1 is 1.11 bits per heavy atom. The minimum Gasteiger partial charge on any atom is -0.462 e. The van der Waals surface area contributed by atoms with Crippen molar-refractivity contribution in [2.45, 2.75) is 51.5 Å². The molecule has 0 radical (unpaired) electrons. The van der Waals surface area contributed by atoms with Crippen molar-refractivity contribution in [3.05, 3.63) is 47.8 Å². The summed E-state index contributed by atoms with van der Waals surface area (Å²) in [6.07, 6.45) is 8.30. The topological polar surface area (TPSA) is 93.2 Å². The molecule has 2 aromatic rings. The van der Waals surface area contributed by atoms with E-state index < -0.39 is 5.97 Å². The smallest absolute Gasteiger partial charge is 0.340 e. The van der Waals surface area contributed by atoms with Crippen LogP contribution in [0.2, 0.25) is 0 Å². The molecule has 3 rings (SSSR count). The second-order valence-corrected chi connectivity index (χ2v) is 6.82. The number of anilines is 2. The zero-order valence-electron chi connectivity index (χ0n) is 16.1. The lowest BCUT2D eigenvalue weighted by atomic mass is 10.1. The average molecular weight is 382 g/mol. The first-order valence-corrected chi connectivity index (χ1v) is 9.84. The molecular weight excluding hydrogens is 356 g/mol. The Kier molecular flexibility index (Phi) is 6.94. The average Bonchev–Trinajstić information content (AvgIpc) is 2.97. The third-order valence-corrected chi connectivity index (χ3v) is 4.75. The largest absolute Gasteiger partial charge is 0.462 e. The van der Waals surface area contributed by atoms with Gasteiger partial charge in [0, 0.05) is 12.2 Å². The van der Waals surface area contributed by atoms with Crippen LogP contribution in [-0.2, 0) is 4.74 Å². The van der Waals surface area contributed by atoms with Crippen LogP contribution in [0.3, 0.4) is 0 Å². The van der Waals surface area contributed by atoms with Crippen molar-refractivity contribution in [2.75, 3.05) is 11.9 Å². The van der Waals surface area contributed by atoms with E-state index in [2.05, 4.69) is 20.6 Å². The molecule has 0 bridgehead atoms. The standard InChI is InChI=1S/C21H26N4O3/c1-2-28-20(27)16-11-7-8-12-17(16)24-21-22-14-13-18(25-21)19(26)23-15-9-5-3-4-6-10-15/h7-8,11-15H,2-6,9-10H2,1H3,(H,23,26)(H,22,24,25). The van der Waals surface area contributed by atoms with Crippen molar-refractivity contribution in [1.29, 1.82) is 0 Å². The maximum absolute atomic E-state index is 12.6. The quantitative estimate of drug-likeness (QED) is 0.582. The van der Waals surface area contributed by atoms with E-state index in [4.69, 9.17) is 4.74 Å². The molecule has 1 aromatic heterocycles. The predicted octanol–water partition coefficient (Wildman–Crippen LogP) is 3.85. The van der Waals surface area contributed by atoms with Crippen LogP contribution in [0.15, 0.2) is 36.5 Å². The van der Waals surface area contributed by atoms with Crippen LogP contribution in [-0.4, -0.2) is 34.5 Å². The van der Waals surface area contributed by atoms with E-state index >= 15 is 0 Å². The summed E-state index contributed by atoms with van der Waals surface area (Å²) in [6, 6.07) is 8.76. The number of hydrogen-bond donors (Lipinski definition) is 2. The summed E-state index contributed by atoms with van der Waals surface area (Å²) >= 11 is 0. The molecule has 2 N–H and O–H groups in total. The summed E-state index contributed by atoms with van der Waals surface area (Å²) in [4.78, 5) is 33.2. The van der Waals surface area contributed by atoms with Gasteiger partial charge in [0.2, 0.25) is 5.95 Å². The third-order valence-electron chi connectivity index (χ3n) is 4.75. The number of nitrogens with zero attached hydrogens (tertiary/aromatic N) is 2. The maximum Gasteiger partial charge on any atom is 0.340 e. The van der Waals surface area contributed by atoms with E-state index in [0.717, 1.165) is 25.7 Å². The molecule has 1 saturated carbocycles. The fourth-order valence-electron chi connectivity index (χ4n) is 3.33.